The van der Waals surface area contributed by atoms with Crippen LogP contribution in [0.5, 0.6) is 0 Å². The average molecular weight is 306 g/mol. The van der Waals surface area contributed by atoms with Crippen molar-refractivity contribution in [3.05, 3.63) is 29.3 Å². The number of amides is 1. The van der Waals surface area contributed by atoms with Gasteiger partial charge in [0, 0.05) is 19.3 Å². The molecule has 0 aliphatic carbocycles. The van der Waals surface area contributed by atoms with Gasteiger partial charge in [0.2, 0.25) is 5.91 Å². The smallest absolute Gasteiger partial charge is 0.382 e. The molecule has 1 aromatic carbocycles. The minimum absolute atomic E-state index is 0.0330. The molecule has 21 heavy (non-hydrogen) atoms. The third-order valence-electron chi connectivity index (χ3n) is 2.50. The van der Waals surface area contributed by atoms with Gasteiger partial charge >= 0.3 is 6.18 Å². The van der Waals surface area contributed by atoms with Crippen LogP contribution in [0.25, 0.3) is 0 Å². The number of carbonyl (C=O) groups is 1. The Morgan fingerprint density at radius 2 is 2.00 bits per heavy atom. The molecule has 0 saturated heterocycles. The number of methoxy groups -OCH3 is 1. The lowest BCUT2D eigenvalue weighted by atomic mass is 10.1. The van der Waals surface area contributed by atoms with Crippen molar-refractivity contribution in [2.45, 2.75) is 12.7 Å². The number of carbonyl (C=O) groups excluding carboxylic acids is 1. The van der Waals surface area contributed by atoms with Crippen LogP contribution in [0.4, 0.5) is 18.9 Å². The second kappa shape index (κ2) is 7.96. The van der Waals surface area contributed by atoms with Gasteiger partial charge in [0.25, 0.3) is 0 Å². The van der Waals surface area contributed by atoms with Crippen LogP contribution in [0.1, 0.15) is 11.1 Å². The zero-order valence-corrected chi connectivity index (χ0v) is 11.5. The fourth-order valence-corrected chi connectivity index (χ4v) is 1.55. The molecule has 5 nitrogen and oxygen atoms in total. The van der Waals surface area contributed by atoms with Gasteiger partial charge in [-0.3, -0.25) is 4.79 Å². The Morgan fingerprint density at radius 3 is 2.57 bits per heavy atom. The fourth-order valence-electron chi connectivity index (χ4n) is 1.55. The van der Waals surface area contributed by atoms with E-state index >= 15 is 0 Å². The molecule has 0 radical (unpaired) electrons. The van der Waals surface area contributed by atoms with Crippen molar-refractivity contribution in [1.29, 1.82) is 0 Å². The summed E-state index contributed by atoms with van der Waals surface area (Å²) in [6.45, 7) is 0.226. The monoisotopic (exact) mass is 306 g/mol. The van der Waals surface area contributed by atoms with E-state index in [1.54, 1.807) is 0 Å². The normalized spacial score (nSPS) is 11.5. The molecule has 1 rings (SSSR count). The van der Waals surface area contributed by atoms with Crippen molar-refractivity contribution < 1.29 is 27.4 Å². The van der Waals surface area contributed by atoms with Crippen LogP contribution in [0.3, 0.4) is 0 Å². The van der Waals surface area contributed by atoms with E-state index < -0.39 is 17.6 Å². The van der Waals surface area contributed by atoms with Crippen LogP contribution in [0.15, 0.2) is 18.2 Å². The van der Waals surface area contributed by atoms with Crippen molar-refractivity contribution in [3.63, 3.8) is 0 Å². The van der Waals surface area contributed by atoms with E-state index in [1.165, 1.54) is 13.2 Å². The van der Waals surface area contributed by atoms with Gasteiger partial charge < -0.3 is 20.5 Å². The molecule has 0 heterocycles. The summed E-state index contributed by atoms with van der Waals surface area (Å²) in [6.07, 6.45) is -4.50. The molecule has 0 saturated carbocycles. The first-order chi connectivity index (χ1) is 9.86. The van der Waals surface area contributed by atoms with E-state index in [4.69, 9.17) is 15.2 Å². The molecule has 0 unspecified atom stereocenters. The molecule has 1 amide bonds. The third kappa shape index (κ3) is 6.11. The molecule has 0 aliphatic heterocycles. The predicted molar refractivity (Wildman–Crippen MR) is 70.7 cm³/mol. The van der Waals surface area contributed by atoms with Crippen molar-refractivity contribution in [2.75, 3.05) is 32.2 Å². The predicted octanol–water partition coefficient (Wildman–Crippen LogP) is 1.77. The number of nitrogens with two attached hydrogens (primary N) is 1. The van der Waals surface area contributed by atoms with Crippen LogP contribution in [-0.4, -0.2) is 32.8 Å². The number of benzene rings is 1. The highest BCUT2D eigenvalue weighted by Crippen LogP contribution is 2.31. The molecular weight excluding hydrogens is 289 g/mol. The summed E-state index contributed by atoms with van der Waals surface area (Å²) in [6, 6.07) is 3.19. The van der Waals surface area contributed by atoms with E-state index in [-0.39, 0.29) is 31.0 Å². The molecule has 0 atom stereocenters. The number of ether oxygens (including phenoxy) is 2. The molecule has 0 bridgehead atoms. The molecule has 118 valence electrons. The second-order valence-electron chi connectivity index (χ2n) is 4.21. The minimum Gasteiger partial charge on any atom is -0.382 e. The quantitative estimate of drug-likeness (QED) is 0.753. The van der Waals surface area contributed by atoms with Crippen molar-refractivity contribution in [3.8, 4) is 0 Å². The summed E-state index contributed by atoms with van der Waals surface area (Å²) in [5.41, 5.74) is 4.81. The summed E-state index contributed by atoms with van der Waals surface area (Å²) >= 11 is 0. The first-order valence-corrected chi connectivity index (χ1v) is 6.14. The maximum Gasteiger partial charge on any atom is 0.416 e. The fraction of sp³-hybridized carbons (Fsp3) is 0.462. The summed E-state index contributed by atoms with van der Waals surface area (Å²) < 4.78 is 47.9. The Bertz CT molecular complexity index is 478. The summed E-state index contributed by atoms with van der Waals surface area (Å²) in [5, 5.41) is 2.35. The first kappa shape index (κ1) is 17.4. The van der Waals surface area contributed by atoms with Gasteiger partial charge in [-0.1, -0.05) is 0 Å². The van der Waals surface area contributed by atoms with Gasteiger partial charge in [-0.15, -0.1) is 0 Å². The SMILES string of the molecule is COCCOCC(=O)Nc1cc(CN)cc(C(F)(F)F)c1. The molecular formula is C13H17F3N2O3. The van der Waals surface area contributed by atoms with E-state index in [9.17, 15) is 18.0 Å². The van der Waals surface area contributed by atoms with Crippen LogP contribution < -0.4 is 11.1 Å². The summed E-state index contributed by atoms with van der Waals surface area (Å²) in [4.78, 5) is 11.5. The maximum absolute atomic E-state index is 12.7. The Hall–Kier alpha value is -1.64. The molecule has 0 spiro atoms. The summed E-state index contributed by atoms with van der Waals surface area (Å²) in [5.74, 6) is -0.548. The van der Waals surface area contributed by atoms with Crippen LogP contribution in [-0.2, 0) is 27.0 Å². The molecule has 0 aliphatic rings. The van der Waals surface area contributed by atoms with E-state index in [2.05, 4.69) is 5.32 Å². The van der Waals surface area contributed by atoms with Crippen molar-refractivity contribution in [1.82, 2.24) is 0 Å². The molecule has 0 aromatic heterocycles. The second-order valence-corrected chi connectivity index (χ2v) is 4.21. The number of rotatable bonds is 7. The van der Waals surface area contributed by atoms with E-state index in [1.807, 2.05) is 0 Å². The van der Waals surface area contributed by atoms with Gasteiger partial charge in [0.05, 0.1) is 18.8 Å². The van der Waals surface area contributed by atoms with Gasteiger partial charge in [-0.2, -0.15) is 13.2 Å². The Labute approximate surface area is 120 Å². The topological polar surface area (TPSA) is 73.6 Å². The van der Waals surface area contributed by atoms with Gasteiger partial charge in [-0.05, 0) is 23.8 Å². The third-order valence-corrected chi connectivity index (χ3v) is 2.50. The first-order valence-electron chi connectivity index (χ1n) is 6.14. The van der Waals surface area contributed by atoms with Gasteiger partial charge in [0.15, 0.2) is 0 Å². The van der Waals surface area contributed by atoms with E-state index in [0.717, 1.165) is 12.1 Å². The van der Waals surface area contributed by atoms with E-state index in [0.29, 0.717) is 6.61 Å². The Balaban J connectivity index is 2.71. The largest absolute Gasteiger partial charge is 0.416 e. The highest BCUT2D eigenvalue weighted by molar-refractivity contribution is 5.91. The highest BCUT2D eigenvalue weighted by Gasteiger charge is 2.31. The number of nitrogens with one attached hydrogen (secondary N) is 1. The lowest BCUT2D eigenvalue weighted by molar-refractivity contribution is -0.137. The lowest BCUT2D eigenvalue weighted by Gasteiger charge is -2.12. The number of hydrogen-bond donors (Lipinski definition) is 2. The zero-order chi connectivity index (χ0) is 15.9. The summed E-state index contributed by atoms with van der Waals surface area (Å²) in [7, 11) is 1.49. The minimum atomic E-state index is -4.50. The van der Waals surface area contributed by atoms with Gasteiger partial charge in [0.1, 0.15) is 6.61 Å². The Kier molecular flexibility index (Phi) is 6.60. The standard InChI is InChI=1S/C13H17F3N2O3/c1-20-2-3-21-8-12(19)18-11-5-9(7-17)4-10(6-11)13(14,15)16/h4-6H,2-3,7-8,17H2,1H3,(H,18,19). The van der Waals surface area contributed by atoms with Crippen LogP contribution in [0.2, 0.25) is 0 Å². The van der Waals surface area contributed by atoms with Gasteiger partial charge in [-0.25, -0.2) is 0 Å². The maximum atomic E-state index is 12.7. The van der Waals surface area contributed by atoms with Crippen molar-refractivity contribution in [2.24, 2.45) is 5.73 Å². The molecule has 0 fully saturated rings. The molecule has 3 N–H and O–H groups in total. The zero-order valence-electron chi connectivity index (χ0n) is 11.5. The Morgan fingerprint density at radius 1 is 1.29 bits per heavy atom. The molecule has 8 heteroatoms. The number of anilines is 1. The highest BCUT2D eigenvalue weighted by atomic mass is 19.4. The number of hydrogen-bond acceptors (Lipinski definition) is 4. The van der Waals surface area contributed by atoms with Crippen LogP contribution in [0, 0.1) is 0 Å². The lowest BCUT2D eigenvalue weighted by Crippen LogP contribution is -2.20. The molecule has 1 aromatic rings. The average Bonchev–Trinajstić information content (AvgIpc) is 2.42. The number of alkyl halides is 3. The van der Waals surface area contributed by atoms with Crippen molar-refractivity contribution >= 4 is 11.6 Å². The number of halogens is 3. The van der Waals surface area contributed by atoms with Crippen LogP contribution >= 0.6 is 0 Å².